The van der Waals surface area contributed by atoms with Crippen LogP contribution in [0.25, 0.3) is 11.4 Å². The Balaban J connectivity index is 1.90. The summed E-state index contributed by atoms with van der Waals surface area (Å²) < 4.78 is 5.48. The molecule has 1 aromatic heterocycles. The Morgan fingerprint density at radius 1 is 1.32 bits per heavy atom. The van der Waals surface area contributed by atoms with E-state index in [0.29, 0.717) is 17.8 Å². The predicted octanol–water partition coefficient (Wildman–Crippen LogP) is 2.46. The first-order chi connectivity index (χ1) is 9.29. The van der Waals surface area contributed by atoms with Gasteiger partial charge in [-0.25, -0.2) is 0 Å². The maximum atomic E-state index is 5.48. The topological polar surface area (TPSA) is 51.0 Å². The molecule has 0 bridgehead atoms. The van der Waals surface area contributed by atoms with E-state index in [1.807, 2.05) is 37.0 Å². The highest BCUT2D eigenvalue weighted by Gasteiger charge is 2.32. The van der Waals surface area contributed by atoms with Crippen LogP contribution in [0, 0.1) is 6.92 Å². The van der Waals surface area contributed by atoms with Gasteiger partial charge in [0.1, 0.15) is 0 Å². The smallest absolute Gasteiger partial charge is 0.232 e. The van der Waals surface area contributed by atoms with Crippen LogP contribution in [0.3, 0.4) is 0 Å². The van der Waals surface area contributed by atoms with Crippen molar-refractivity contribution in [2.45, 2.75) is 18.9 Å². The van der Waals surface area contributed by atoms with Crippen molar-refractivity contribution < 1.29 is 4.52 Å². The summed E-state index contributed by atoms with van der Waals surface area (Å²) in [5.41, 5.74) is 2.21. The molecule has 0 saturated carbocycles. The van der Waals surface area contributed by atoms with Crippen molar-refractivity contribution in [3.8, 4) is 11.4 Å². The monoisotopic (exact) mass is 275 g/mol. The highest BCUT2D eigenvalue weighted by Crippen LogP contribution is 2.33. The molecule has 4 nitrogen and oxygen atoms in total. The first-order valence-corrected chi connectivity index (χ1v) is 7.59. The van der Waals surface area contributed by atoms with Crippen LogP contribution in [0.15, 0.2) is 28.8 Å². The molecule has 2 unspecified atom stereocenters. The Labute approximate surface area is 117 Å². The number of hydrogen-bond donors (Lipinski definition) is 1. The van der Waals surface area contributed by atoms with E-state index in [-0.39, 0.29) is 0 Å². The molecule has 1 aliphatic heterocycles. The molecule has 2 aromatic rings. The number of likely N-dealkylation sites (N-methyl/N-ethyl adjacent to an activating group) is 1. The van der Waals surface area contributed by atoms with Gasteiger partial charge in [0.2, 0.25) is 11.7 Å². The van der Waals surface area contributed by atoms with Crippen LogP contribution >= 0.6 is 11.8 Å². The van der Waals surface area contributed by atoms with E-state index >= 15 is 0 Å². The van der Waals surface area contributed by atoms with Crippen LogP contribution in [0.4, 0.5) is 0 Å². The van der Waals surface area contributed by atoms with Crippen molar-refractivity contribution >= 4 is 11.8 Å². The second-order valence-corrected chi connectivity index (χ2v) is 5.89. The number of nitrogens with one attached hydrogen (secondary N) is 1. The molecule has 1 aliphatic rings. The van der Waals surface area contributed by atoms with Gasteiger partial charge in [0.15, 0.2) is 0 Å². The van der Waals surface area contributed by atoms with Gasteiger partial charge < -0.3 is 9.84 Å². The van der Waals surface area contributed by atoms with Crippen LogP contribution in [-0.2, 0) is 0 Å². The lowest BCUT2D eigenvalue weighted by atomic mass is 10.0. The molecule has 1 N–H and O–H groups in total. The molecule has 0 aliphatic carbocycles. The lowest BCUT2D eigenvalue weighted by Gasteiger charge is -2.13. The van der Waals surface area contributed by atoms with Gasteiger partial charge >= 0.3 is 0 Å². The maximum absolute atomic E-state index is 5.48. The standard InChI is InChI=1S/C14H17N3OS/c1-9-5-3-4-6-10(9)13-16-14(18-17-13)11-7-19-8-12(11)15-2/h3-6,11-12,15H,7-8H2,1-2H3. The Bertz CT molecular complexity index is 569. The molecule has 3 rings (SSSR count). The van der Waals surface area contributed by atoms with Crippen LogP contribution in [0.1, 0.15) is 17.4 Å². The number of rotatable bonds is 3. The Hall–Kier alpha value is -1.33. The van der Waals surface area contributed by atoms with E-state index < -0.39 is 0 Å². The molecule has 0 spiro atoms. The highest BCUT2D eigenvalue weighted by atomic mass is 32.2. The summed E-state index contributed by atoms with van der Waals surface area (Å²) in [6.07, 6.45) is 0. The molecule has 2 heterocycles. The Morgan fingerprint density at radius 3 is 2.95 bits per heavy atom. The lowest BCUT2D eigenvalue weighted by molar-refractivity contribution is 0.344. The number of aryl methyl sites for hydroxylation is 1. The third kappa shape index (κ3) is 2.40. The molecule has 1 fully saturated rings. The second-order valence-electron chi connectivity index (χ2n) is 4.81. The second kappa shape index (κ2) is 5.35. The van der Waals surface area contributed by atoms with Crippen molar-refractivity contribution in [1.29, 1.82) is 0 Å². The van der Waals surface area contributed by atoms with Crippen LogP contribution in [0.5, 0.6) is 0 Å². The van der Waals surface area contributed by atoms with Crippen molar-refractivity contribution in [3.05, 3.63) is 35.7 Å². The quantitative estimate of drug-likeness (QED) is 0.932. The fourth-order valence-electron chi connectivity index (χ4n) is 2.40. The molecule has 100 valence electrons. The van der Waals surface area contributed by atoms with Gasteiger partial charge in [-0.3, -0.25) is 0 Å². The SMILES string of the molecule is CNC1CSCC1c1nc(-c2ccccc2C)no1. The fourth-order valence-corrected chi connectivity index (χ4v) is 3.82. The number of thioether (sulfide) groups is 1. The Morgan fingerprint density at radius 2 is 2.16 bits per heavy atom. The van der Waals surface area contributed by atoms with Crippen molar-refractivity contribution in [2.24, 2.45) is 0 Å². The van der Waals surface area contributed by atoms with Gasteiger partial charge in [-0.05, 0) is 19.5 Å². The number of aromatic nitrogens is 2. The zero-order valence-electron chi connectivity index (χ0n) is 11.1. The molecule has 0 radical (unpaired) electrons. The normalized spacial score (nSPS) is 22.8. The van der Waals surface area contributed by atoms with Crippen molar-refractivity contribution in [1.82, 2.24) is 15.5 Å². The van der Waals surface area contributed by atoms with Crippen LogP contribution < -0.4 is 5.32 Å². The van der Waals surface area contributed by atoms with Crippen molar-refractivity contribution in [3.63, 3.8) is 0 Å². The summed E-state index contributed by atoms with van der Waals surface area (Å²) in [5, 5.41) is 7.46. The predicted molar refractivity (Wildman–Crippen MR) is 77.4 cm³/mol. The van der Waals surface area contributed by atoms with E-state index in [1.54, 1.807) is 0 Å². The molecular weight excluding hydrogens is 258 g/mol. The van der Waals surface area contributed by atoms with Gasteiger partial charge in [0, 0.05) is 23.1 Å². The zero-order valence-corrected chi connectivity index (χ0v) is 11.9. The van der Waals surface area contributed by atoms with Crippen molar-refractivity contribution in [2.75, 3.05) is 18.6 Å². The number of nitrogens with zero attached hydrogens (tertiary/aromatic N) is 2. The summed E-state index contributed by atoms with van der Waals surface area (Å²) >= 11 is 1.93. The van der Waals surface area contributed by atoms with Crippen LogP contribution in [-0.4, -0.2) is 34.7 Å². The molecule has 0 amide bonds. The lowest BCUT2D eigenvalue weighted by Crippen LogP contribution is -2.31. The molecule has 1 aromatic carbocycles. The maximum Gasteiger partial charge on any atom is 0.232 e. The third-order valence-corrected chi connectivity index (χ3v) is 4.79. The average molecular weight is 275 g/mol. The summed E-state index contributed by atoms with van der Waals surface area (Å²) in [6.45, 7) is 2.06. The van der Waals surface area contributed by atoms with Gasteiger partial charge in [-0.15, -0.1) is 0 Å². The first-order valence-electron chi connectivity index (χ1n) is 6.44. The van der Waals surface area contributed by atoms with Gasteiger partial charge in [0.25, 0.3) is 0 Å². The van der Waals surface area contributed by atoms with Gasteiger partial charge in [-0.1, -0.05) is 29.4 Å². The van der Waals surface area contributed by atoms with E-state index in [9.17, 15) is 0 Å². The highest BCUT2D eigenvalue weighted by molar-refractivity contribution is 7.99. The molecule has 5 heteroatoms. The minimum absolute atomic E-state index is 0.320. The largest absolute Gasteiger partial charge is 0.339 e. The van der Waals surface area contributed by atoms with E-state index in [2.05, 4.69) is 28.4 Å². The Kier molecular flexibility index (Phi) is 3.57. The average Bonchev–Trinajstić information content (AvgIpc) is 3.07. The summed E-state index contributed by atoms with van der Waals surface area (Å²) in [5.74, 6) is 3.91. The first kappa shape index (κ1) is 12.7. The molecule has 19 heavy (non-hydrogen) atoms. The zero-order chi connectivity index (χ0) is 13.2. The van der Waals surface area contributed by atoms with E-state index in [1.165, 1.54) is 5.56 Å². The molecule has 1 saturated heterocycles. The minimum atomic E-state index is 0.320. The molecular formula is C14H17N3OS. The van der Waals surface area contributed by atoms with Gasteiger partial charge in [-0.2, -0.15) is 16.7 Å². The van der Waals surface area contributed by atoms with Crippen LogP contribution in [0.2, 0.25) is 0 Å². The summed E-state index contributed by atoms with van der Waals surface area (Å²) in [4.78, 5) is 4.59. The fraction of sp³-hybridized carbons (Fsp3) is 0.429. The molecule has 2 atom stereocenters. The minimum Gasteiger partial charge on any atom is -0.339 e. The number of benzene rings is 1. The summed E-state index contributed by atoms with van der Waals surface area (Å²) in [6, 6.07) is 8.54. The van der Waals surface area contributed by atoms with E-state index in [0.717, 1.165) is 23.0 Å². The number of hydrogen-bond acceptors (Lipinski definition) is 5. The summed E-state index contributed by atoms with van der Waals surface area (Å²) in [7, 11) is 1.99. The van der Waals surface area contributed by atoms with Gasteiger partial charge in [0.05, 0.1) is 5.92 Å². The van der Waals surface area contributed by atoms with E-state index in [4.69, 9.17) is 4.52 Å². The third-order valence-electron chi connectivity index (χ3n) is 3.60.